The van der Waals surface area contributed by atoms with Crippen LogP contribution in [-0.2, 0) is 0 Å². The SMILES string of the molecule is COc1ccccc1-c1cccc(N)c1[N+](=O)[O-]. The Hall–Kier alpha value is -2.56. The maximum atomic E-state index is 11.1. The minimum atomic E-state index is -0.475. The number of hydrogen-bond acceptors (Lipinski definition) is 4. The Labute approximate surface area is 104 Å². The van der Waals surface area contributed by atoms with Gasteiger partial charge in [-0.3, -0.25) is 10.1 Å². The zero-order valence-corrected chi connectivity index (χ0v) is 9.79. The molecule has 18 heavy (non-hydrogen) atoms. The molecular formula is C13H12N2O3. The predicted octanol–water partition coefficient (Wildman–Crippen LogP) is 2.85. The van der Waals surface area contributed by atoms with E-state index in [1.54, 1.807) is 36.4 Å². The lowest BCUT2D eigenvalue weighted by Gasteiger charge is -2.09. The molecule has 0 saturated heterocycles. The van der Waals surface area contributed by atoms with Gasteiger partial charge in [-0.15, -0.1) is 0 Å². The third kappa shape index (κ3) is 1.98. The van der Waals surface area contributed by atoms with Crippen molar-refractivity contribution in [3.63, 3.8) is 0 Å². The molecule has 0 bridgehead atoms. The van der Waals surface area contributed by atoms with Crippen molar-refractivity contribution in [2.75, 3.05) is 12.8 Å². The van der Waals surface area contributed by atoms with Gasteiger partial charge in [0.15, 0.2) is 0 Å². The zero-order valence-electron chi connectivity index (χ0n) is 9.79. The van der Waals surface area contributed by atoms with Gasteiger partial charge in [0.2, 0.25) is 0 Å². The summed E-state index contributed by atoms with van der Waals surface area (Å²) in [6.45, 7) is 0. The zero-order chi connectivity index (χ0) is 13.1. The van der Waals surface area contributed by atoms with E-state index in [2.05, 4.69) is 0 Å². The number of rotatable bonds is 3. The van der Waals surface area contributed by atoms with Crippen molar-refractivity contribution in [3.8, 4) is 16.9 Å². The number of methoxy groups -OCH3 is 1. The summed E-state index contributed by atoms with van der Waals surface area (Å²) >= 11 is 0. The number of nitrogens with zero attached hydrogens (tertiary/aromatic N) is 1. The number of nitro groups is 1. The Kier molecular flexibility index (Phi) is 3.14. The minimum Gasteiger partial charge on any atom is -0.496 e. The Balaban J connectivity index is 2.71. The molecule has 0 spiro atoms. The molecule has 0 radical (unpaired) electrons. The molecular weight excluding hydrogens is 232 g/mol. The average Bonchev–Trinajstić information content (AvgIpc) is 2.38. The number of para-hydroxylation sites is 2. The molecule has 2 N–H and O–H groups in total. The van der Waals surface area contributed by atoms with Crippen LogP contribution in [0.15, 0.2) is 42.5 Å². The van der Waals surface area contributed by atoms with E-state index in [1.165, 1.54) is 13.2 Å². The van der Waals surface area contributed by atoms with Gasteiger partial charge in [-0.05, 0) is 18.2 Å². The highest BCUT2D eigenvalue weighted by atomic mass is 16.6. The van der Waals surface area contributed by atoms with E-state index < -0.39 is 4.92 Å². The first kappa shape index (κ1) is 11.9. The number of anilines is 1. The molecule has 0 aliphatic carbocycles. The van der Waals surface area contributed by atoms with Gasteiger partial charge in [-0.25, -0.2) is 0 Å². The molecule has 0 unspecified atom stereocenters. The van der Waals surface area contributed by atoms with Crippen molar-refractivity contribution in [1.82, 2.24) is 0 Å². The van der Waals surface area contributed by atoms with Gasteiger partial charge >= 0.3 is 0 Å². The molecule has 0 aliphatic heterocycles. The molecule has 0 heterocycles. The van der Waals surface area contributed by atoms with Crippen LogP contribution >= 0.6 is 0 Å². The van der Waals surface area contributed by atoms with Crippen molar-refractivity contribution in [2.24, 2.45) is 0 Å². The quantitative estimate of drug-likeness (QED) is 0.511. The van der Waals surface area contributed by atoms with E-state index in [9.17, 15) is 10.1 Å². The molecule has 2 rings (SSSR count). The smallest absolute Gasteiger partial charge is 0.299 e. The highest BCUT2D eigenvalue weighted by Crippen LogP contribution is 2.38. The van der Waals surface area contributed by atoms with Gasteiger partial charge in [0.1, 0.15) is 11.4 Å². The number of ether oxygens (including phenoxy) is 1. The lowest BCUT2D eigenvalue weighted by molar-refractivity contribution is -0.383. The Morgan fingerprint density at radius 2 is 1.78 bits per heavy atom. The van der Waals surface area contributed by atoms with Crippen LogP contribution in [0.25, 0.3) is 11.1 Å². The molecule has 0 atom stereocenters. The summed E-state index contributed by atoms with van der Waals surface area (Å²) in [4.78, 5) is 10.6. The summed E-state index contributed by atoms with van der Waals surface area (Å²) < 4.78 is 5.21. The van der Waals surface area contributed by atoms with Gasteiger partial charge in [0.25, 0.3) is 5.69 Å². The molecule has 0 fully saturated rings. The van der Waals surface area contributed by atoms with Crippen LogP contribution in [0.4, 0.5) is 11.4 Å². The topological polar surface area (TPSA) is 78.4 Å². The predicted molar refractivity (Wildman–Crippen MR) is 69.5 cm³/mol. The minimum absolute atomic E-state index is 0.0954. The van der Waals surface area contributed by atoms with E-state index in [4.69, 9.17) is 10.5 Å². The highest BCUT2D eigenvalue weighted by Gasteiger charge is 2.20. The number of nitrogens with two attached hydrogens (primary N) is 1. The van der Waals surface area contributed by atoms with Crippen molar-refractivity contribution in [1.29, 1.82) is 0 Å². The van der Waals surface area contributed by atoms with E-state index in [0.29, 0.717) is 16.9 Å². The molecule has 0 amide bonds. The molecule has 2 aromatic rings. The molecule has 5 heteroatoms. The fraction of sp³-hybridized carbons (Fsp3) is 0.0769. The van der Waals surface area contributed by atoms with E-state index >= 15 is 0 Å². The van der Waals surface area contributed by atoms with Gasteiger partial charge in [-0.2, -0.15) is 0 Å². The fourth-order valence-electron chi connectivity index (χ4n) is 1.85. The van der Waals surface area contributed by atoms with Crippen LogP contribution in [0.5, 0.6) is 5.75 Å². The standard InChI is InChI=1S/C13H12N2O3/c1-18-12-8-3-2-5-9(12)10-6-4-7-11(14)13(10)15(16)17/h2-8H,14H2,1H3. The molecule has 5 nitrogen and oxygen atoms in total. The van der Waals surface area contributed by atoms with Crippen LogP contribution in [-0.4, -0.2) is 12.0 Å². The van der Waals surface area contributed by atoms with Gasteiger partial charge in [-0.1, -0.05) is 24.3 Å². The van der Waals surface area contributed by atoms with Gasteiger partial charge in [0.05, 0.1) is 17.6 Å². The summed E-state index contributed by atoms with van der Waals surface area (Å²) in [7, 11) is 1.52. The van der Waals surface area contributed by atoms with Crippen LogP contribution in [0, 0.1) is 10.1 Å². The first-order valence-electron chi connectivity index (χ1n) is 5.31. The second-order valence-corrected chi connectivity index (χ2v) is 3.70. The summed E-state index contributed by atoms with van der Waals surface area (Å²) in [5.41, 5.74) is 6.82. The van der Waals surface area contributed by atoms with Crippen molar-refractivity contribution in [2.45, 2.75) is 0 Å². The van der Waals surface area contributed by atoms with Crippen LogP contribution < -0.4 is 10.5 Å². The lowest BCUT2D eigenvalue weighted by atomic mass is 10.0. The van der Waals surface area contributed by atoms with Crippen molar-refractivity contribution in [3.05, 3.63) is 52.6 Å². The summed E-state index contributed by atoms with van der Waals surface area (Å²) in [6, 6.07) is 12.0. The largest absolute Gasteiger partial charge is 0.496 e. The third-order valence-electron chi connectivity index (χ3n) is 2.65. The second-order valence-electron chi connectivity index (χ2n) is 3.70. The normalized spacial score (nSPS) is 10.1. The summed E-state index contributed by atoms with van der Waals surface area (Å²) in [5.74, 6) is 0.575. The van der Waals surface area contributed by atoms with Gasteiger partial charge in [0, 0.05) is 5.56 Å². The second kappa shape index (κ2) is 4.75. The van der Waals surface area contributed by atoms with E-state index in [0.717, 1.165) is 0 Å². The Morgan fingerprint density at radius 1 is 1.11 bits per heavy atom. The fourth-order valence-corrected chi connectivity index (χ4v) is 1.85. The molecule has 2 aromatic carbocycles. The van der Waals surface area contributed by atoms with Crippen LogP contribution in [0.1, 0.15) is 0 Å². The maximum Gasteiger partial charge on any atom is 0.299 e. The van der Waals surface area contributed by atoms with Crippen LogP contribution in [0.3, 0.4) is 0 Å². The summed E-state index contributed by atoms with van der Waals surface area (Å²) in [6.07, 6.45) is 0. The molecule has 92 valence electrons. The monoisotopic (exact) mass is 244 g/mol. The van der Waals surface area contributed by atoms with Gasteiger partial charge < -0.3 is 10.5 Å². The molecule has 0 aliphatic rings. The maximum absolute atomic E-state index is 11.1. The molecule has 0 aromatic heterocycles. The number of nitrogen functional groups attached to an aromatic ring is 1. The van der Waals surface area contributed by atoms with Crippen LogP contribution in [0.2, 0.25) is 0 Å². The highest BCUT2D eigenvalue weighted by molar-refractivity contribution is 5.84. The van der Waals surface area contributed by atoms with Crippen molar-refractivity contribution < 1.29 is 9.66 Å². The van der Waals surface area contributed by atoms with E-state index in [1.807, 2.05) is 0 Å². The summed E-state index contributed by atoms with van der Waals surface area (Å²) in [5, 5.41) is 11.1. The Morgan fingerprint density at radius 3 is 2.44 bits per heavy atom. The first-order valence-corrected chi connectivity index (χ1v) is 5.31. The first-order chi connectivity index (χ1) is 8.65. The number of benzene rings is 2. The number of hydrogen-bond donors (Lipinski definition) is 1. The Bertz CT molecular complexity index is 597. The lowest BCUT2D eigenvalue weighted by Crippen LogP contribution is -1.98. The average molecular weight is 244 g/mol. The molecule has 0 saturated carbocycles. The third-order valence-corrected chi connectivity index (χ3v) is 2.65. The van der Waals surface area contributed by atoms with E-state index in [-0.39, 0.29) is 11.4 Å². The van der Waals surface area contributed by atoms with Crippen molar-refractivity contribution >= 4 is 11.4 Å². The number of nitro benzene ring substituents is 1.